The van der Waals surface area contributed by atoms with Crippen LogP contribution in [0.1, 0.15) is 11.3 Å². The molecule has 0 amide bonds. The van der Waals surface area contributed by atoms with Crippen molar-refractivity contribution in [3.63, 3.8) is 0 Å². The molecule has 0 fully saturated rings. The molecular weight excluding hydrogens is 278 g/mol. The summed E-state index contributed by atoms with van der Waals surface area (Å²) in [5, 5.41) is 11.9. The molecule has 5 heteroatoms. The topological polar surface area (TPSA) is 42.4 Å². The van der Waals surface area contributed by atoms with Gasteiger partial charge < -0.3 is 9.84 Å². The van der Waals surface area contributed by atoms with E-state index in [2.05, 4.69) is 4.98 Å². The summed E-state index contributed by atoms with van der Waals surface area (Å²) < 4.78 is 6.53. The van der Waals surface area contributed by atoms with Crippen LogP contribution in [0.15, 0.2) is 34.0 Å². The predicted molar refractivity (Wildman–Crippen MR) is 80.3 cm³/mol. The Morgan fingerprint density at radius 1 is 1.32 bits per heavy atom. The molecule has 1 N–H and O–H groups in total. The molecule has 1 heterocycles. The van der Waals surface area contributed by atoms with E-state index in [1.54, 1.807) is 23.1 Å². The minimum atomic E-state index is -0.490. The molecule has 0 saturated carbocycles. The molecule has 1 aromatic carbocycles. The van der Waals surface area contributed by atoms with Crippen molar-refractivity contribution in [2.24, 2.45) is 0 Å². The van der Waals surface area contributed by atoms with Crippen molar-refractivity contribution in [2.75, 3.05) is 12.4 Å². The number of aliphatic hydroxyl groups excluding tert-OH is 1. The van der Waals surface area contributed by atoms with Crippen molar-refractivity contribution in [2.45, 2.75) is 24.3 Å². The van der Waals surface area contributed by atoms with Gasteiger partial charge in [-0.2, -0.15) is 0 Å². The number of ether oxygens (including phenoxy) is 1. The van der Waals surface area contributed by atoms with Crippen LogP contribution >= 0.6 is 23.1 Å². The molecule has 0 aliphatic heterocycles. The summed E-state index contributed by atoms with van der Waals surface area (Å²) in [6, 6.07) is 7.82. The fourth-order valence-corrected chi connectivity index (χ4v) is 3.22. The lowest BCUT2D eigenvalue weighted by molar-refractivity contribution is 0.126. The van der Waals surface area contributed by atoms with Gasteiger partial charge in [0.1, 0.15) is 16.7 Å². The lowest BCUT2D eigenvalue weighted by Crippen LogP contribution is -2.20. The number of benzene rings is 1. The Kier molecular flexibility index (Phi) is 5.24. The molecule has 102 valence electrons. The van der Waals surface area contributed by atoms with E-state index in [4.69, 9.17) is 4.74 Å². The highest BCUT2D eigenvalue weighted by atomic mass is 32.2. The monoisotopic (exact) mass is 295 g/mol. The average Bonchev–Trinajstić information content (AvgIpc) is 2.81. The van der Waals surface area contributed by atoms with Gasteiger partial charge in [-0.3, -0.25) is 0 Å². The number of thioether (sulfide) groups is 1. The number of rotatable bonds is 6. The van der Waals surface area contributed by atoms with Gasteiger partial charge in [0.2, 0.25) is 0 Å². The Morgan fingerprint density at radius 2 is 2.05 bits per heavy atom. The van der Waals surface area contributed by atoms with E-state index in [1.807, 2.05) is 43.5 Å². The van der Waals surface area contributed by atoms with E-state index in [1.165, 1.54) is 5.56 Å². The Morgan fingerprint density at radius 3 is 2.68 bits per heavy atom. The van der Waals surface area contributed by atoms with Gasteiger partial charge >= 0.3 is 0 Å². The first-order valence-corrected chi connectivity index (χ1v) is 7.92. The van der Waals surface area contributed by atoms with Crippen molar-refractivity contribution >= 4 is 23.1 Å². The number of hydrogen-bond donors (Lipinski definition) is 1. The number of nitrogens with zero attached hydrogens (tertiary/aromatic N) is 1. The highest BCUT2D eigenvalue weighted by molar-refractivity contribution is 8.01. The molecule has 0 spiro atoms. The lowest BCUT2D eigenvalue weighted by Gasteiger charge is -2.11. The van der Waals surface area contributed by atoms with Crippen LogP contribution in [0.5, 0.6) is 5.75 Å². The van der Waals surface area contributed by atoms with E-state index in [0.717, 1.165) is 15.8 Å². The van der Waals surface area contributed by atoms with Crippen LogP contribution in [-0.4, -0.2) is 28.6 Å². The van der Waals surface area contributed by atoms with Crippen molar-refractivity contribution in [1.82, 2.24) is 4.98 Å². The highest BCUT2D eigenvalue weighted by Gasteiger charge is 2.08. The number of aromatic nitrogens is 1. The van der Waals surface area contributed by atoms with Gasteiger partial charge in [0.15, 0.2) is 0 Å². The molecular formula is C14H17NO2S2. The largest absolute Gasteiger partial charge is 0.491 e. The standard InChI is InChI=1S/C14H17NO2S2/c1-10-3-5-13(6-4-10)17-7-12(16)9-19-14-15-11(2)8-18-14/h3-6,8,12,16H,7,9H2,1-2H3. The first-order chi connectivity index (χ1) is 9.13. The van der Waals surface area contributed by atoms with Gasteiger partial charge in [-0.1, -0.05) is 29.5 Å². The first-order valence-electron chi connectivity index (χ1n) is 6.06. The minimum Gasteiger partial charge on any atom is -0.491 e. The van der Waals surface area contributed by atoms with Crippen LogP contribution in [0.25, 0.3) is 0 Å². The zero-order chi connectivity index (χ0) is 13.7. The maximum Gasteiger partial charge on any atom is 0.150 e. The smallest absolute Gasteiger partial charge is 0.150 e. The molecule has 1 aromatic heterocycles. The van der Waals surface area contributed by atoms with Crippen LogP contribution in [-0.2, 0) is 0 Å². The quantitative estimate of drug-likeness (QED) is 0.830. The number of aliphatic hydroxyl groups is 1. The average molecular weight is 295 g/mol. The van der Waals surface area contributed by atoms with E-state index in [-0.39, 0.29) is 0 Å². The van der Waals surface area contributed by atoms with Crippen LogP contribution in [0.4, 0.5) is 0 Å². The molecule has 2 aromatic rings. The van der Waals surface area contributed by atoms with E-state index < -0.39 is 6.10 Å². The summed E-state index contributed by atoms with van der Waals surface area (Å²) in [4.78, 5) is 4.34. The van der Waals surface area contributed by atoms with Crippen molar-refractivity contribution < 1.29 is 9.84 Å². The third kappa shape index (κ3) is 4.86. The summed E-state index contributed by atoms with van der Waals surface area (Å²) in [5.41, 5.74) is 2.22. The molecule has 0 saturated heterocycles. The third-order valence-electron chi connectivity index (χ3n) is 2.46. The van der Waals surface area contributed by atoms with Gasteiger partial charge in [0.25, 0.3) is 0 Å². The summed E-state index contributed by atoms with van der Waals surface area (Å²) in [5.74, 6) is 1.39. The number of thiazole rings is 1. The van der Waals surface area contributed by atoms with Gasteiger partial charge in [0.05, 0.1) is 6.10 Å². The molecule has 0 aliphatic carbocycles. The first kappa shape index (κ1) is 14.4. The van der Waals surface area contributed by atoms with Gasteiger partial charge in [0, 0.05) is 16.8 Å². The highest BCUT2D eigenvalue weighted by Crippen LogP contribution is 2.23. The summed E-state index contributed by atoms with van der Waals surface area (Å²) in [6.07, 6.45) is -0.490. The second kappa shape index (κ2) is 6.93. The van der Waals surface area contributed by atoms with Gasteiger partial charge in [-0.15, -0.1) is 11.3 Å². The number of hydrogen-bond acceptors (Lipinski definition) is 5. The van der Waals surface area contributed by atoms with Crippen LogP contribution < -0.4 is 4.74 Å². The Labute approximate surface area is 121 Å². The SMILES string of the molecule is Cc1ccc(OCC(O)CSc2nc(C)cs2)cc1. The normalized spacial score (nSPS) is 12.4. The van der Waals surface area contributed by atoms with Gasteiger partial charge in [-0.05, 0) is 26.0 Å². The van der Waals surface area contributed by atoms with Crippen LogP contribution in [0, 0.1) is 13.8 Å². The molecule has 0 radical (unpaired) electrons. The predicted octanol–water partition coefficient (Wildman–Crippen LogP) is 3.29. The van der Waals surface area contributed by atoms with Crippen LogP contribution in [0.3, 0.4) is 0 Å². The fourth-order valence-electron chi connectivity index (χ4n) is 1.44. The Hall–Kier alpha value is -1.04. The lowest BCUT2D eigenvalue weighted by atomic mass is 10.2. The molecule has 0 aliphatic rings. The molecule has 2 rings (SSSR count). The maximum atomic E-state index is 9.86. The maximum absolute atomic E-state index is 9.86. The summed E-state index contributed by atoms with van der Waals surface area (Å²) >= 11 is 3.17. The Bertz CT molecular complexity index is 510. The second-order valence-corrected chi connectivity index (χ2v) is 6.47. The zero-order valence-electron chi connectivity index (χ0n) is 11.0. The number of aryl methyl sites for hydroxylation is 2. The van der Waals surface area contributed by atoms with Crippen molar-refractivity contribution in [3.8, 4) is 5.75 Å². The summed E-state index contributed by atoms with van der Waals surface area (Å²) in [7, 11) is 0. The third-order valence-corrected chi connectivity index (χ3v) is 4.74. The second-order valence-electron chi connectivity index (χ2n) is 4.34. The molecule has 3 nitrogen and oxygen atoms in total. The summed E-state index contributed by atoms with van der Waals surface area (Å²) in [6.45, 7) is 4.31. The molecule has 19 heavy (non-hydrogen) atoms. The molecule has 1 atom stereocenters. The molecule has 0 bridgehead atoms. The fraction of sp³-hybridized carbons (Fsp3) is 0.357. The van der Waals surface area contributed by atoms with E-state index in [0.29, 0.717) is 12.4 Å². The molecule has 1 unspecified atom stereocenters. The minimum absolute atomic E-state index is 0.306. The van der Waals surface area contributed by atoms with Gasteiger partial charge in [-0.25, -0.2) is 4.98 Å². The van der Waals surface area contributed by atoms with Crippen molar-refractivity contribution in [3.05, 3.63) is 40.9 Å². The van der Waals surface area contributed by atoms with Crippen molar-refractivity contribution in [1.29, 1.82) is 0 Å². The van der Waals surface area contributed by atoms with Crippen LogP contribution in [0.2, 0.25) is 0 Å². The Balaban J connectivity index is 1.72. The zero-order valence-corrected chi connectivity index (χ0v) is 12.6. The van der Waals surface area contributed by atoms with E-state index >= 15 is 0 Å². The van der Waals surface area contributed by atoms with E-state index in [9.17, 15) is 5.11 Å².